The molecule has 4 heteroatoms. The van der Waals surface area contributed by atoms with Crippen molar-refractivity contribution in [3.8, 4) is 44.8 Å². The van der Waals surface area contributed by atoms with Gasteiger partial charge in [0.1, 0.15) is 22.3 Å². The molecule has 4 nitrogen and oxygen atoms in total. The van der Waals surface area contributed by atoms with E-state index in [0.29, 0.717) is 0 Å². The molecule has 64 heavy (non-hydrogen) atoms. The number of rotatable bonds is 5. The second kappa shape index (κ2) is 13.4. The molecular formula is C60H36N2O2. The van der Waals surface area contributed by atoms with Gasteiger partial charge in [0.05, 0.1) is 22.1 Å². The Hall–Kier alpha value is -8.60. The number of furan rings is 2. The third-order valence-corrected chi connectivity index (χ3v) is 13.3. The van der Waals surface area contributed by atoms with Crippen LogP contribution in [0.15, 0.2) is 227 Å². The van der Waals surface area contributed by atoms with Gasteiger partial charge in [0.2, 0.25) is 0 Å². The molecule has 0 amide bonds. The van der Waals surface area contributed by atoms with Crippen molar-refractivity contribution < 1.29 is 8.83 Å². The molecule has 0 atom stereocenters. The van der Waals surface area contributed by atoms with Crippen LogP contribution in [0.1, 0.15) is 0 Å². The van der Waals surface area contributed by atoms with Crippen LogP contribution in [-0.2, 0) is 0 Å². The van der Waals surface area contributed by atoms with Crippen LogP contribution in [0, 0.1) is 0 Å². The van der Waals surface area contributed by atoms with E-state index in [1.165, 1.54) is 43.8 Å². The Labute approximate surface area is 367 Å². The van der Waals surface area contributed by atoms with Gasteiger partial charge in [-0.05, 0) is 119 Å². The van der Waals surface area contributed by atoms with Crippen molar-refractivity contribution >= 4 is 87.5 Å². The van der Waals surface area contributed by atoms with Crippen molar-refractivity contribution in [2.75, 3.05) is 0 Å². The molecule has 0 saturated heterocycles. The highest BCUT2D eigenvalue weighted by Gasteiger charge is 2.22. The van der Waals surface area contributed by atoms with Gasteiger partial charge in [-0.15, -0.1) is 0 Å². The molecule has 4 aromatic heterocycles. The van der Waals surface area contributed by atoms with Crippen LogP contribution < -0.4 is 0 Å². The van der Waals surface area contributed by atoms with Gasteiger partial charge in [0, 0.05) is 60.0 Å². The molecule has 0 saturated carbocycles. The molecule has 0 unspecified atom stereocenters. The van der Waals surface area contributed by atoms with Crippen LogP contribution >= 0.6 is 0 Å². The smallest absolute Gasteiger partial charge is 0.135 e. The monoisotopic (exact) mass is 816 g/mol. The summed E-state index contributed by atoms with van der Waals surface area (Å²) in [6.07, 6.45) is 0. The van der Waals surface area contributed by atoms with E-state index in [4.69, 9.17) is 8.83 Å². The number of benzene rings is 10. The number of para-hydroxylation sites is 5. The summed E-state index contributed by atoms with van der Waals surface area (Å²) in [6.45, 7) is 0. The molecule has 0 aliphatic rings. The lowest BCUT2D eigenvalue weighted by Crippen LogP contribution is -1.96. The SMILES string of the molecule is c1ccc(-n2c3ccc(-c4ccc5oc6ccccc6c5c4)cc3c3c(-c4cccc5c6cc(-c7ccc8oc9ccccc9c8c7)ccc6n(-c6ccccc6)c45)cccc32)cc1. The Bertz CT molecular complexity index is 4180. The summed E-state index contributed by atoms with van der Waals surface area (Å²) in [7, 11) is 0. The number of fused-ring (bicyclic) bond motifs is 12. The first-order chi connectivity index (χ1) is 31.7. The van der Waals surface area contributed by atoms with Crippen LogP contribution in [-0.4, -0.2) is 9.13 Å². The molecule has 0 aliphatic carbocycles. The summed E-state index contributed by atoms with van der Waals surface area (Å²) < 4.78 is 17.3. The molecule has 0 N–H and O–H groups in total. The standard InChI is InChI=1S/C60H36N2O2/c1-3-13-41(14-4-1)61-53-30-26-38(40-28-32-58-50(35-40)44-18-8-10-24-56(44)64-58)36-51(53)59-45(19-12-22-54(59)61)46-20-11-21-47-48-33-37(25-29-52(48)62(60(46)47)42-15-5-2-6-16-42)39-27-31-57-49(34-39)43-17-7-9-23-55(43)63-57/h1-36H. The molecule has 0 spiro atoms. The molecule has 10 aromatic carbocycles. The molecule has 0 bridgehead atoms. The first kappa shape index (κ1) is 35.0. The van der Waals surface area contributed by atoms with E-state index in [0.717, 1.165) is 88.5 Å². The maximum atomic E-state index is 6.23. The van der Waals surface area contributed by atoms with Crippen molar-refractivity contribution in [3.05, 3.63) is 218 Å². The van der Waals surface area contributed by atoms with Crippen molar-refractivity contribution in [1.29, 1.82) is 0 Å². The second-order valence-corrected chi connectivity index (χ2v) is 16.8. The Kier molecular flexibility index (Phi) is 7.36. The lowest BCUT2D eigenvalue weighted by Gasteiger charge is -2.13. The molecule has 14 aromatic rings. The van der Waals surface area contributed by atoms with Crippen molar-refractivity contribution in [2.24, 2.45) is 0 Å². The first-order valence-electron chi connectivity index (χ1n) is 21.8. The zero-order chi connectivity index (χ0) is 41.9. The third-order valence-electron chi connectivity index (χ3n) is 13.3. The van der Waals surface area contributed by atoms with Crippen LogP contribution in [0.5, 0.6) is 0 Å². The fraction of sp³-hybridized carbons (Fsp3) is 0. The van der Waals surface area contributed by atoms with Crippen molar-refractivity contribution in [2.45, 2.75) is 0 Å². The topological polar surface area (TPSA) is 36.1 Å². The summed E-state index contributed by atoms with van der Waals surface area (Å²) in [4.78, 5) is 0. The summed E-state index contributed by atoms with van der Waals surface area (Å²) >= 11 is 0. The van der Waals surface area contributed by atoms with Crippen molar-refractivity contribution in [3.63, 3.8) is 0 Å². The number of hydrogen-bond acceptors (Lipinski definition) is 2. The summed E-state index contributed by atoms with van der Waals surface area (Å²) in [6, 6.07) is 78.8. The normalized spacial score (nSPS) is 12.1. The molecule has 14 rings (SSSR count). The van der Waals surface area contributed by atoms with Gasteiger partial charge in [-0.25, -0.2) is 0 Å². The summed E-state index contributed by atoms with van der Waals surface area (Å²) in [5.74, 6) is 0. The highest BCUT2D eigenvalue weighted by atomic mass is 16.3. The fourth-order valence-electron chi connectivity index (χ4n) is 10.5. The van der Waals surface area contributed by atoms with Crippen LogP contribution in [0.3, 0.4) is 0 Å². The molecule has 0 radical (unpaired) electrons. The highest BCUT2D eigenvalue weighted by molar-refractivity contribution is 6.21. The van der Waals surface area contributed by atoms with E-state index >= 15 is 0 Å². The Morgan fingerprint density at radius 1 is 0.266 bits per heavy atom. The van der Waals surface area contributed by atoms with Crippen LogP contribution in [0.4, 0.5) is 0 Å². The highest BCUT2D eigenvalue weighted by Crippen LogP contribution is 2.45. The Morgan fingerprint density at radius 2 is 0.719 bits per heavy atom. The number of aromatic nitrogens is 2. The lowest BCUT2D eigenvalue weighted by atomic mass is 9.95. The maximum absolute atomic E-state index is 6.23. The minimum Gasteiger partial charge on any atom is -0.456 e. The van der Waals surface area contributed by atoms with Gasteiger partial charge in [0.25, 0.3) is 0 Å². The number of nitrogens with zero attached hydrogens (tertiary/aromatic N) is 2. The largest absolute Gasteiger partial charge is 0.456 e. The van der Waals surface area contributed by atoms with E-state index in [9.17, 15) is 0 Å². The van der Waals surface area contributed by atoms with E-state index in [1.54, 1.807) is 0 Å². The van der Waals surface area contributed by atoms with E-state index < -0.39 is 0 Å². The van der Waals surface area contributed by atoms with E-state index in [-0.39, 0.29) is 0 Å². The van der Waals surface area contributed by atoms with Gasteiger partial charge in [0.15, 0.2) is 0 Å². The minimum atomic E-state index is 0.899. The van der Waals surface area contributed by atoms with Crippen molar-refractivity contribution in [1.82, 2.24) is 9.13 Å². The quantitative estimate of drug-likeness (QED) is 0.173. The van der Waals surface area contributed by atoms with Gasteiger partial charge < -0.3 is 18.0 Å². The van der Waals surface area contributed by atoms with E-state index in [1.807, 2.05) is 24.3 Å². The minimum absolute atomic E-state index is 0.899. The molecule has 4 heterocycles. The fourth-order valence-corrected chi connectivity index (χ4v) is 10.5. The predicted molar refractivity (Wildman–Crippen MR) is 266 cm³/mol. The van der Waals surface area contributed by atoms with Gasteiger partial charge in [-0.2, -0.15) is 0 Å². The van der Waals surface area contributed by atoms with Gasteiger partial charge in [-0.3, -0.25) is 0 Å². The maximum Gasteiger partial charge on any atom is 0.135 e. The molecular weight excluding hydrogens is 781 g/mol. The first-order valence-corrected chi connectivity index (χ1v) is 21.8. The third kappa shape index (κ3) is 5.11. The Balaban J connectivity index is 1.03. The molecule has 0 aliphatic heterocycles. The lowest BCUT2D eigenvalue weighted by molar-refractivity contribution is 0.668. The van der Waals surface area contributed by atoms with Crippen LogP contribution in [0.25, 0.3) is 132 Å². The van der Waals surface area contributed by atoms with Crippen LogP contribution in [0.2, 0.25) is 0 Å². The predicted octanol–water partition coefficient (Wildman–Crippen LogP) is 16.7. The average molecular weight is 817 g/mol. The summed E-state index contributed by atoms with van der Waals surface area (Å²) in [5, 5.41) is 9.35. The average Bonchev–Trinajstić information content (AvgIpc) is 4.11. The zero-order valence-electron chi connectivity index (χ0n) is 34.5. The van der Waals surface area contributed by atoms with E-state index in [2.05, 4.69) is 203 Å². The van der Waals surface area contributed by atoms with Gasteiger partial charge >= 0.3 is 0 Å². The second-order valence-electron chi connectivity index (χ2n) is 16.8. The van der Waals surface area contributed by atoms with Gasteiger partial charge in [-0.1, -0.05) is 127 Å². The number of hydrogen-bond donors (Lipinski definition) is 0. The molecule has 298 valence electrons. The zero-order valence-corrected chi connectivity index (χ0v) is 34.5. The summed E-state index contributed by atoms with van der Waals surface area (Å²) in [5.41, 5.74) is 17.5. The molecule has 0 fully saturated rings. The Morgan fingerprint density at radius 3 is 1.34 bits per heavy atom.